The van der Waals surface area contributed by atoms with Gasteiger partial charge < -0.3 is 10.6 Å². The second-order valence-electron chi connectivity index (χ2n) is 6.63. The number of nitrogens with zero attached hydrogens (tertiary/aromatic N) is 3. The molecule has 0 saturated carbocycles. The Hall–Kier alpha value is -2.70. The van der Waals surface area contributed by atoms with Crippen LogP contribution in [-0.4, -0.2) is 39.8 Å². The van der Waals surface area contributed by atoms with E-state index in [9.17, 15) is 9.59 Å². The van der Waals surface area contributed by atoms with E-state index < -0.39 is 0 Å². The highest BCUT2D eigenvalue weighted by molar-refractivity contribution is 5.94. The zero-order valence-electron chi connectivity index (χ0n) is 14.7. The third-order valence-electron chi connectivity index (χ3n) is 5.10. The highest BCUT2D eigenvalue weighted by Gasteiger charge is 2.36. The van der Waals surface area contributed by atoms with Gasteiger partial charge in [0.25, 0.3) is 11.5 Å². The monoisotopic (exact) mass is 384 g/mol. The Morgan fingerprint density at radius 1 is 1.11 bits per heavy atom. The van der Waals surface area contributed by atoms with E-state index in [1.807, 2.05) is 18.2 Å². The van der Waals surface area contributed by atoms with Crippen molar-refractivity contribution in [3.8, 4) is 0 Å². The summed E-state index contributed by atoms with van der Waals surface area (Å²) < 4.78 is 1.40. The fourth-order valence-electron chi connectivity index (χ4n) is 3.70. The van der Waals surface area contributed by atoms with Crippen LogP contribution in [-0.2, 0) is 0 Å². The molecule has 3 aromatic rings. The lowest BCUT2D eigenvalue weighted by molar-refractivity contribution is 0.0784. The van der Waals surface area contributed by atoms with Gasteiger partial charge in [0.15, 0.2) is 0 Å². The van der Waals surface area contributed by atoms with Gasteiger partial charge >= 0.3 is 0 Å². The standard InChI is InChI=1S/C20H20N4O2.ClH/c21-10-15-12-23(13-17(15)14-6-2-1-3-7-14)19(25)16-11-22-18-8-4-5-9-24(18)20(16)26;/h1-9,11,15,17H,10,12-13,21H2;1H/t15-,17+;/m1./s1. The van der Waals surface area contributed by atoms with Crippen molar-refractivity contribution < 1.29 is 4.79 Å². The van der Waals surface area contributed by atoms with Gasteiger partial charge in [0.2, 0.25) is 0 Å². The highest BCUT2D eigenvalue weighted by Crippen LogP contribution is 2.32. The topological polar surface area (TPSA) is 80.7 Å². The average Bonchev–Trinajstić information content (AvgIpc) is 3.13. The predicted octanol–water partition coefficient (Wildman–Crippen LogP) is 1.93. The van der Waals surface area contributed by atoms with Gasteiger partial charge in [-0.3, -0.25) is 14.0 Å². The summed E-state index contributed by atoms with van der Waals surface area (Å²) in [5.74, 6) is 0.0801. The van der Waals surface area contributed by atoms with Crippen LogP contribution in [0.25, 0.3) is 5.65 Å². The minimum Gasteiger partial charge on any atom is -0.337 e. The summed E-state index contributed by atoms with van der Waals surface area (Å²) in [6, 6.07) is 15.4. The van der Waals surface area contributed by atoms with Crippen molar-refractivity contribution in [1.82, 2.24) is 14.3 Å². The lowest BCUT2D eigenvalue weighted by Gasteiger charge is -2.16. The van der Waals surface area contributed by atoms with Crippen LogP contribution >= 0.6 is 12.4 Å². The molecule has 0 spiro atoms. The number of aromatic nitrogens is 2. The van der Waals surface area contributed by atoms with Crippen molar-refractivity contribution >= 4 is 24.0 Å². The van der Waals surface area contributed by atoms with Crippen LogP contribution in [0.3, 0.4) is 0 Å². The summed E-state index contributed by atoms with van der Waals surface area (Å²) in [5, 5.41) is 0. The fraction of sp³-hybridized carbons (Fsp3) is 0.250. The molecule has 2 atom stereocenters. The molecule has 1 aliphatic heterocycles. The number of carbonyl (C=O) groups is 1. The molecule has 0 bridgehead atoms. The maximum atomic E-state index is 13.0. The van der Waals surface area contributed by atoms with E-state index in [1.165, 1.54) is 16.2 Å². The molecule has 0 aliphatic carbocycles. The van der Waals surface area contributed by atoms with Gasteiger partial charge in [0.05, 0.1) is 0 Å². The molecule has 1 saturated heterocycles. The third kappa shape index (κ3) is 3.46. The van der Waals surface area contributed by atoms with Crippen LogP contribution in [0.2, 0.25) is 0 Å². The van der Waals surface area contributed by atoms with Crippen LogP contribution in [0.15, 0.2) is 65.7 Å². The van der Waals surface area contributed by atoms with Gasteiger partial charge in [-0.05, 0) is 30.2 Å². The zero-order chi connectivity index (χ0) is 18.1. The van der Waals surface area contributed by atoms with Crippen molar-refractivity contribution in [1.29, 1.82) is 0 Å². The van der Waals surface area contributed by atoms with Crippen molar-refractivity contribution in [3.05, 3.63) is 82.4 Å². The number of hydrogen-bond donors (Lipinski definition) is 1. The van der Waals surface area contributed by atoms with Crippen molar-refractivity contribution in [2.24, 2.45) is 11.7 Å². The lowest BCUT2D eigenvalue weighted by Crippen LogP contribution is -2.35. The SMILES string of the molecule is Cl.NC[C@@H]1CN(C(=O)c2cnc3ccccn3c2=O)C[C@H]1c1ccccc1. The first kappa shape index (κ1) is 19.1. The van der Waals surface area contributed by atoms with E-state index in [-0.39, 0.29) is 41.3 Å². The largest absolute Gasteiger partial charge is 0.337 e. The first-order chi connectivity index (χ1) is 12.7. The van der Waals surface area contributed by atoms with Gasteiger partial charge in [-0.25, -0.2) is 4.98 Å². The van der Waals surface area contributed by atoms with Crippen LogP contribution in [0.5, 0.6) is 0 Å². The number of hydrogen-bond acceptors (Lipinski definition) is 4. The van der Waals surface area contributed by atoms with E-state index >= 15 is 0 Å². The van der Waals surface area contributed by atoms with E-state index in [4.69, 9.17) is 5.73 Å². The van der Waals surface area contributed by atoms with E-state index in [0.717, 1.165) is 0 Å². The van der Waals surface area contributed by atoms with Gasteiger partial charge in [-0.2, -0.15) is 0 Å². The first-order valence-electron chi connectivity index (χ1n) is 8.69. The van der Waals surface area contributed by atoms with Gasteiger partial charge in [-0.1, -0.05) is 36.4 Å². The molecule has 0 unspecified atom stereocenters. The summed E-state index contributed by atoms with van der Waals surface area (Å²) in [6.07, 6.45) is 3.01. The highest BCUT2D eigenvalue weighted by atomic mass is 35.5. The van der Waals surface area contributed by atoms with E-state index in [1.54, 1.807) is 29.3 Å². The zero-order valence-corrected chi connectivity index (χ0v) is 15.5. The molecule has 1 aliphatic rings. The number of pyridine rings is 1. The number of carbonyl (C=O) groups excluding carboxylic acids is 1. The van der Waals surface area contributed by atoms with Gasteiger partial charge in [-0.15, -0.1) is 12.4 Å². The predicted molar refractivity (Wildman–Crippen MR) is 106 cm³/mol. The summed E-state index contributed by atoms with van der Waals surface area (Å²) in [5.41, 5.74) is 7.40. The second kappa shape index (κ2) is 7.90. The number of benzene rings is 1. The molecule has 1 amide bonds. The molecule has 0 radical (unpaired) electrons. The molecule has 27 heavy (non-hydrogen) atoms. The number of fused-ring (bicyclic) bond motifs is 1. The Kier molecular flexibility index (Phi) is 5.58. The number of likely N-dealkylation sites (tertiary alicyclic amines) is 1. The summed E-state index contributed by atoms with van der Waals surface area (Å²) in [6.45, 7) is 1.60. The fourth-order valence-corrected chi connectivity index (χ4v) is 3.70. The Balaban J connectivity index is 0.00000210. The number of amides is 1. The number of halogens is 1. The van der Waals surface area contributed by atoms with Crippen molar-refractivity contribution in [2.45, 2.75) is 5.92 Å². The lowest BCUT2D eigenvalue weighted by atomic mass is 9.89. The van der Waals surface area contributed by atoms with Crippen LogP contribution < -0.4 is 11.3 Å². The van der Waals surface area contributed by atoms with Crippen LogP contribution in [0.1, 0.15) is 21.8 Å². The molecule has 1 fully saturated rings. The van der Waals surface area contributed by atoms with Crippen molar-refractivity contribution in [3.63, 3.8) is 0 Å². The molecular weight excluding hydrogens is 364 g/mol. The summed E-state index contributed by atoms with van der Waals surface area (Å²) in [7, 11) is 0. The third-order valence-corrected chi connectivity index (χ3v) is 5.10. The van der Waals surface area contributed by atoms with Crippen LogP contribution in [0.4, 0.5) is 0 Å². The quantitative estimate of drug-likeness (QED) is 0.748. The molecule has 2 aromatic heterocycles. The Morgan fingerprint density at radius 2 is 1.85 bits per heavy atom. The molecule has 140 valence electrons. The second-order valence-corrected chi connectivity index (χ2v) is 6.63. The Morgan fingerprint density at radius 3 is 2.59 bits per heavy atom. The Labute approximate surface area is 163 Å². The normalized spacial score (nSPS) is 19.1. The molecule has 6 nitrogen and oxygen atoms in total. The maximum absolute atomic E-state index is 13.0. The van der Waals surface area contributed by atoms with Crippen molar-refractivity contribution in [2.75, 3.05) is 19.6 Å². The molecule has 2 N–H and O–H groups in total. The minimum atomic E-state index is -0.340. The van der Waals surface area contributed by atoms with Gasteiger partial charge in [0, 0.05) is 31.4 Å². The molecule has 1 aromatic carbocycles. The summed E-state index contributed by atoms with van der Waals surface area (Å²) in [4.78, 5) is 31.6. The average molecular weight is 385 g/mol. The van der Waals surface area contributed by atoms with E-state index in [0.29, 0.717) is 25.3 Å². The first-order valence-corrected chi connectivity index (χ1v) is 8.69. The molecular formula is C20H21ClN4O2. The summed E-state index contributed by atoms with van der Waals surface area (Å²) >= 11 is 0. The van der Waals surface area contributed by atoms with Gasteiger partial charge in [0.1, 0.15) is 11.2 Å². The smallest absolute Gasteiger partial charge is 0.270 e. The Bertz CT molecular complexity index is 1010. The van der Waals surface area contributed by atoms with E-state index in [2.05, 4.69) is 17.1 Å². The molecule has 4 rings (SSSR count). The number of rotatable bonds is 3. The maximum Gasteiger partial charge on any atom is 0.270 e. The molecule has 3 heterocycles. The van der Waals surface area contributed by atoms with Crippen LogP contribution in [0, 0.1) is 5.92 Å². The number of nitrogens with two attached hydrogens (primary N) is 1. The molecule has 7 heteroatoms. The minimum absolute atomic E-state index is 0.